The molecule has 5 heteroatoms. The number of aromatic nitrogens is 2. The molecule has 0 aliphatic heterocycles. The number of hydrogen-bond donors (Lipinski definition) is 0. The highest BCUT2D eigenvalue weighted by Gasteiger charge is 2.62. The quantitative estimate of drug-likeness (QED) is 0.764. The van der Waals surface area contributed by atoms with Gasteiger partial charge in [-0.25, -0.2) is 13.5 Å². The van der Waals surface area contributed by atoms with Gasteiger partial charge in [0, 0.05) is 17.0 Å². The highest BCUT2D eigenvalue weighted by molar-refractivity contribution is 5.47. The minimum absolute atomic E-state index is 0.0137. The summed E-state index contributed by atoms with van der Waals surface area (Å²) in [7, 11) is 0. The number of nitrogens with zero attached hydrogens (tertiary/aromatic N) is 2. The smallest absolute Gasteiger partial charge is 0.275 e. The van der Waals surface area contributed by atoms with Gasteiger partial charge in [-0.2, -0.15) is 0 Å². The van der Waals surface area contributed by atoms with E-state index in [4.69, 9.17) is 0 Å². The van der Waals surface area contributed by atoms with Gasteiger partial charge < -0.3 is 0 Å². The van der Waals surface area contributed by atoms with Crippen molar-refractivity contribution in [2.24, 2.45) is 5.41 Å². The van der Waals surface area contributed by atoms with Gasteiger partial charge in [-0.3, -0.25) is 9.48 Å². The molecule has 1 aromatic carbocycles. The molecule has 0 saturated heterocycles. The average Bonchev–Trinajstić information content (AvgIpc) is 3.01. The summed E-state index contributed by atoms with van der Waals surface area (Å²) in [6.45, 7) is 10.8. The highest BCUT2D eigenvalue weighted by atomic mass is 19.1. The Kier molecular flexibility index (Phi) is 3.22. The fourth-order valence-electron chi connectivity index (χ4n) is 5.08. The third kappa shape index (κ3) is 1.81. The molecule has 1 saturated carbocycles. The van der Waals surface area contributed by atoms with Crippen LogP contribution in [0.3, 0.4) is 0 Å². The maximum atomic E-state index is 14.4. The summed E-state index contributed by atoms with van der Waals surface area (Å²) < 4.78 is 30.9. The number of rotatable bonds is 3. The molecule has 0 spiro atoms. The topological polar surface area (TPSA) is 26.9 Å². The van der Waals surface area contributed by atoms with Gasteiger partial charge in [0.2, 0.25) is 0 Å². The minimum Gasteiger partial charge on any atom is -0.277 e. The Morgan fingerprint density at radius 3 is 2.68 bits per heavy atom. The van der Waals surface area contributed by atoms with E-state index in [9.17, 15) is 13.6 Å². The van der Waals surface area contributed by atoms with E-state index >= 15 is 0 Å². The molecule has 2 aliphatic rings. The first-order valence-corrected chi connectivity index (χ1v) is 8.66. The van der Waals surface area contributed by atoms with E-state index in [1.807, 2.05) is 4.68 Å². The predicted octanol–water partition coefficient (Wildman–Crippen LogP) is 4.28. The summed E-state index contributed by atoms with van der Waals surface area (Å²) in [5, 5.41) is 0. The lowest BCUT2D eigenvalue weighted by Gasteiger charge is -2.36. The first-order valence-electron chi connectivity index (χ1n) is 8.66. The molecule has 0 radical (unpaired) electrons. The van der Waals surface area contributed by atoms with Crippen LogP contribution in [0.1, 0.15) is 50.8 Å². The Labute approximate surface area is 145 Å². The molecule has 2 atom stereocenters. The lowest BCUT2D eigenvalue weighted by Crippen LogP contribution is -2.36. The zero-order valence-electron chi connectivity index (χ0n) is 14.8. The van der Waals surface area contributed by atoms with Crippen LogP contribution in [0.5, 0.6) is 0 Å². The van der Waals surface area contributed by atoms with E-state index < -0.39 is 11.6 Å². The second-order valence-corrected chi connectivity index (χ2v) is 7.99. The Morgan fingerprint density at radius 1 is 1.32 bits per heavy atom. The number of fused-ring (bicyclic) bond motifs is 5. The van der Waals surface area contributed by atoms with Crippen LogP contribution in [0.2, 0.25) is 0 Å². The van der Waals surface area contributed by atoms with Crippen molar-refractivity contribution in [2.45, 2.75) is 51.5 Å². The molecule has 1 fully saturated rings. The number of halogens is 2. The molecule has 2 aromatic rings. The van der Waals surface area contributed by atoms with Crippen LogP contribution >= 0.6 is 0 Å². The van der Waals surface area contributed by atoms with Crippen molar-refractivity contribution in [3.63, 3.8) is 0 Å². The van der Waals surface area contributed by atoms with Crippen LogP contribution < -0.4 is 5.56 Å². The Bertz CT molecular complexity index is 953. The maximum absolute atomic E-state index is 14.4. The van der Waals surface area contributed by atoms with Gasteiger partial charge in [0.15, 0.2) is 5.82 Å². The van der Waals surface area contributed by atoms with Crippen molar-refractivity contribution in [3.8, 4) is 5.69 Å². The lowest BCUT2D eigenvalue weighted by atomic mass is 9.70. The van der Waals surface area contributed by atoms with E-state index in [0.29, 0.717) is 6.54 Å². The van der Waals surface area contributed by atoms with E-state index in [0.717, 1.165) is 30.2 Å². The molecule has 25 heavy (non-hydrogen) atoms. The normalized spacial score (nSPS) is 26.0. The second kappa shape index (κ2) is 4.93. The second-order valence-electron chi connectivity index (χ2n) is 7.99. The van der Waals surface area contributed by atoms with Gasteiger partial charge in [-0.15, -0.1) is 6.58 Å². The molecule has 2 unspecified atom stereocenters. The van der Waals surface area contributed by atoms with Crippen LogP contribution in [0.25, 0.3) is 5.69 Å². The highest BCUT2D eigenvalue weighted by Crippen LogP contribution is 2.67. The van der Waals surface area contributed by atoms with E-state index in [2.05, 4.69) is 27.4 Å². The zero-order chi connectivity index (χ0) is 18.1. The molecule has 132 valence electrons. The third-order valence-corrected chi connectivity index (χ3v) is 6.71. The van der Waals surface area contributed by atoms with Crippen LogP contribution in [-0.4, -0.2) is 9.36 Å². The molecule has 1 aromatic heterocycles. The molecule has 2 bridgehead atoms. The van der Waals surface area contributed by atoms with Crippen molar-refractivity contribution >= 4 is 0 Å². The predicted molar refractivity (Wildman–Crippen MR) is 93.3 cm³/mol. The van der Waals surface area contributed by atoms with E-state index in [-0.39, 0.29) is 28.0 Å². The molecule has 4 rings (SSSR count). The van der Waals surface area contributed by atoms with Crippen molar-refractivity contribution in [3.05, 3.63) is 64.1 Å². The van der Waals surface area contributed by atoms with Gasteiger partial charge in [-0.05, 0) is 36.3 Å². The first-order chi connectivity index (χ1) is 11.7. The summed E-state index contributed by atoms with van der Waals surface area (Å²) in [5.74, 6) is -1.22. The van der Waals surface area contributed by atoms with Gasteiger partial charge in [0.05, 0.1) is 12.2 Å². The van der Waals surface area contributed by atoms with E-state index in [1.54, 1.807) is 6.08 Å². The van der Waals surface area contributed by atoms with E-state index in [1.165, 1.54) is 16.8 Å². The minimum atomic E-state index is -0.736. The largest absolute Gasteiger partial charge is 0.277 e. The van der Waals surface area contributed by atoms with Crippen LogP contribution in [0.15, 0.2) is 35.6 Å². The fraction of sp³-hybridized carbons (Fsp3) is 0.450. The Morgan fingerprint density at radius 2 is 2.04 bits per heavy atom. The molecule has 0 N–H and O–H groups in total. The third-order valence-electron chi connectivity index (χ3n) is 6.71. The Balaban J connectivity index is 2.06. The van der Waals surface area contributed by atoms with Crippen LogP contribution in [-0.2, 0) is 12.0 Å². The van der Waals surface area contributed by atoms with Gasteiger partial charge in [-0.1, -0.05) is 26.8 Å². The average molecular weight is 344 g/mol. The molecule has 0 amide bonds. The Hall–Kier alpha value is -2.17. The number of allylic oxidation sites excluding steroid dienone is 1. The van der Waals surface area contributed by atoms with Crippen molar-refractivity contribution in [1.82, 2.24) is 9.36 Å². The molecule has 2 aliphatic carbocycles. The summed E-state index contributed by atoms with van der Waals surface area (Å²) >= 11 is 0. The van der Waals surface area contributed by atoms with Crippen molar-refractivity contribution in [2.75, 3.05) is 0 Å². The SMILES string of the molecule is C=CCn1c2c(c(=O)n1-c1ccc(F)cc1F)C1CCC2(C)C1(C)C. The standard InChI is InChI=1S/C20H22F2N2O/c1-5-10-23-17-16(13-8-9-20(17,4)19(13,2)3)18(25)24(23)15-7-6-12(21)11-14(15)22/h5-7,11,13H,1,8-10H2,2-4H3. The molecular formula is C20H22F2N2O. The molecule has 1 heterocycles. The lowest BCUT2D eigenvalue weighted by molar-refractivity contribution is 0.216. The summed E-state index contributed by atoms with van der Waals surface area (Å²) in [4.78, 5) is 13.3. The van der Waals surface area contributed by atoms with Crippen LogP contribution in [0, 0.1) is 17.0 Å². The van der Waals surface area contributed by atoms with Crippen molar-refractivity contribution < 1.29 is 8.78 Å². The molecular weight excluding hydrogens is 322 g/mol. The van der Waals surface area contributed by atoms with Gasteiger partial charge in [0.25, 0.3) is 5.56 Å². The summed E-state index contributed by atoms with van der Waals surface area (Å²) in [5.41, 5.74) is 1.52. The van der Waals surface area contributed by atoms with Crippen molar-refractivity contribution in [1.29, 1.82) is 0 Å². The van der Waals surface area contributed by atoms with Gasteiger partial charge >= 0.3 is 0 Å². The van der Waals surface area contributed by atoms with Crippen LogP contribution in [0.4, 0.5) is 8.78 Å². The maximum Gasteiger partial charge on any atom is 0.275 e. The summed E-state index contributed by atoms with van der Waals surface area (Å²) in [6, 6.07) is 3.33. The first kappa shape index (κ1) is 16.3. The summed E-state index contributed by atoms with van der Waals surface area (Å²) in [6.07, 6.45) is 3.68. The fourth-order valence-corrected chi connectivity index (χ4v) is 5.08. The zero-order valence-corrected chi connectivity index (χ0v) is 14.8. The number of benzene rings is 1. The van der Waals surface area contributed by atoms with Gasteiger partial charge in [0.1, 0.15) is 11.5 Å². The monoisotopic (exact) mass is 344 g/mol. The number of hydrogen-bond acceptors (Lipinski definition) is 1. The molecule has 3 nitrogen and oxygen atoms in total.